The van der Waals surface area contributed by atoms with E-state index in [0.717, 1.165) is 45.6 Å². The quantitative estimate of drug-likeness (QED) is 0.682. The first-order valence-electron chi connectivity index (χ1n) is 9.85. The summed E-state index contributed by atoms with van der Waals surface area (Å²) in [5.74, 6) is 0.849. The van der Waals surface area contributed by atoms with Crippen LogP contribution in [0.2, 0.25) is 0 Å². The highest BCUT2D eigenvalue weighted by Gasteiger charge is 2.38. The molecule has 0 bridgehead atoms. The lowest BCUT2D eigenvalue weighted by atomic mass is 10.0. The van der Waals surface area contributed by atoms with Crippen molar-refractivity contribution in [1.82, 2.24) is 14.1 Å². The molecule has 2 heterocycles. The Bertz CT molecular complexity index is 528. The Balaban J connectivity index is 1.94. The molecule has 0 aromatic rings. The van der Waals surface area contributed by atoms with Gasteiger partial charge in [-0.2, -0.15) is 4.31 Å². The number of piperazine rings is 1. The smallest absolute Gasteiger partial charge is 0.241 e. The van der Waals surface area contributed by atoms with Crippen LogP contribution in [-0.4, -0.2) is 79.5 Å². The van der Waals surface area contributed by atoms with Crippen LogP contribution in [0.1, 0.15) is 52.9 Å². The Morgan fingerprint density at radius 1 is 1.08 bits per heavy atom. The molecule has 1 atom stereocenters. The second-order valence-corrected chi connectivity index (χ2v) is 9.83. The summed E-state index contributed by atoms with van der Waals surface area (Å²) in [5, 5.41) is 0. The number of carbonyl (C=O) groups excluding carboxylic acids is 1. The van der Waals surface area contributed by atoms with Crippen LogP contribution < -0.4 is 0 Å². The summed E-state index contributed by atoms with van der Waals surface area (Å²) in [6.45, 7) is 11.1. The van der Waals surface area contributed by atoms with E-state index in [9.17, 15) is 13.2 Å². The van der Waals surface area contributed by atoms with E-state index in [-0.39, 0.29) is 11.7 Å². The molecule has 0 aliphatic carbocycles. The van der Waals surface area contributed by atoms with Gasteiger partial charge in [-0.15, -0.1) is 0 Å². The van der Waals surface area contributed by atoms with Gasteiger partial charge in [-0.1, -0.05) is 27.2 Å². The molecule has 146 valence electrons. The average molecular weight is 374 g/mol. The van der Waals surface area contributed by atoms with Crippen molar-refractivity contribution in [2.24, 2.45) is 5.92 Å². The summed E-state index contributed by atoms with van der Waals surface area (Å²) in [7, 11) is -3.32. The fourth-order valence-corrected chi connectivity index (χ4v) is 5.44. The number of amides is 1. The standard InChI is InChI=1S/C18H35N3O3S/c1-4-15-25(23,24)21-9-6-5-7-17(21)18(22)20-13-11-19(12-14-20)10-8-16(2)3/h16-17H,4-15H2,1-3H3. The summed E-state index contributed by atoms with van der Waals surface area (Å²) in [6, 6.07) is -0.479. The lowest BCUT2D eigenvalue weighted by Gasteiger charge is -2.40. The molecule has 1 amide bonds. The van der Waals surface area contributed by atoms with Gasteiger partial charge in [-0.05, 0) is 38.1 Å². The second-order valence-electron chi connectivity index (χ2n) is 7.79. The molecule has 2 aliphatic heterocycles. The Labute approximate surface area is 153 Å². The number of sulfonamides is 1. The normalized spacial score (nSPS) is 24.0. The van der Waals surface area contributed by atoms with E-state index >= 15 is 0 Å². The van der Waals surface area contributed by atoms with Crippen LogP contribution in [0.3, 0.4) is 0 Å². The third-order valence-electron chi connectivity index (χ3n) is 5.26. The fraction of sp³-hybridized carbons (Fsp3) is 0.944. The van der Waals surface area contributed by atoms with Crippen LogP contribution in [-0.2, 0) is 14.8 Å². The molecule has 7 heteroatoms. The Kier molecular flexibility index (Phi) is 7.70. The zero-order valence-electron chi connectivity index (χ0n) is 16.1. The topological polar surface area (TPSA) is 60.9 Å². The van der Waals surface area contributed by atoms with Crippen molar-refractivity contribution in [3.63, 3.8) is 0 Å². The zero-order chi connectivity index (χ0) is 18.4. The minimum atomic E-state index is -3.32. The monoisotopic (exact) mass is 373 g/mol. The number of carbonyl (C=O) groups is 1. The molecule has 2 fully saturated rings. The summed E-state index contributed by atoms with van der Waals surface area (Å²) in [4.78, 5) is 17.3. The maximum Gasteiger partial charge on any atom is 0.241 e. The van der Waals surface area contributed by atoms with Crippen molar-refractivity contribution in [1.29, 1.82) is 0 Å². The number of hydrogen-bond acceptors (Lipinski definition) is 4. The molecular weight excluding hydrogens is 338 g/mol. The van der Waals surface area contributed by atoms with Crippen LogP contribution in [0.15, 0.2) is 0 Å². The third kappa shape index (κ3) is 5.66. The molecule has 25 heavy (non-hydrogen) atoms. The van der Waals surface area contributed by atoms with Gasteiger partial charge in [-0.3, -0.25) is 9.69 Å². The highest BCUT2D eigenvalue weighted by Crippen LogP contribution is 2.23. The first-order chi connectivity index (χ1) is 11.8. The van der Waals surface area contributed by atoms with Gasteiger partial charge in [-0.25, -0.2) is 8.42 Å². The van der Waals surface area contributed by atoms with Gasteiger partial charge in [0.2, 0.25) is 15.9 Å². The van der Waals surface area contributed by atoms with E-state index in [0.29, 0.717) is 25.3 Å². The van der Waals surface area contributed by atoms with E-state index in [1.165, 1.54) is 10.7 Å². The van der Waals surface area contributed by atoms with Crippen LogP contribution in [0, 0.1) is 5.92 Å². The number of hydrogen-bond donors (Lipinski definition) is 0. The van der Waals surface area contributed by atoms with Gasteiger partial charge in [0.05, 0.1) is 5.75 Å². The largest absolute Gasteiger partial charge is 0.339 e. The van der Waals surface area contributed by atoms with E-state index in [2.05, 4.69) is 18.7 Å². The van der Waals surface area contributed by atoms with Crippen molar-refractivity contribution in [2.45, 2.75) is 58.9 Å². The Morgan fingerprint density at radius 2 is 1.76 bits per heavy atom. The second kappa shape index (κ2) is 9.33. The lowest BCUT2D eigenvalue weighted by Crippen LogP contribution is -2.57. The molecule has 0 aromatic heterocycles. The van der Waals surface area contributed by atoms with E-state index in [1.807, 2.05) is 11.8 Å². The molecule has 0 N–H and O–H groups in total. The lowest BCUT2D eigenvalue weighted by molar-refractivity contribution is -0.138. The van der Waals surface area contributed by atoms with Gasteiger partial charge < -0.3 is 4.90 Å². The maximum atomic E-state index is 13.0. The molecule has 2 rings (SSSR count). The molecule has 2 aliphatic rings. The highest BCUT2D eigenvalue weighted by molar-refractivity contribution is 7.89. The maximum absolute atomic E-state index is 13.0. The van der Waals surface area contributed by atoms with Gasteiger partial charge >= 0.3 is 0 Å². The van der Waals surface area contributed by atoms with E-state index in [4.69, 9.17) is 0 Å². The first-order valence-corrected chi connectivity index (χ1v) is 11.5. The van der Waals surface area contributed by atoms with Crippen LogP contribution in [0.5, 0.6) is 0 Å². The van der Waals surface area contributed by atoms with E-state index in [1.54, 1.807) is 0 Å². The number of piperidine rings is 1. The average Bonchev–Trinajstić information content (AvgIpc) is 2.60. The molecule has 0 saturated carbocycles. The van der Waals surface area contributed by atoms with Crippen molar-refractivity contribution >= 4 is 15.9 Å². The predicted molar refractivity (Wildman–Crippen MR) is 101 cm³/mol. The van der Waals surface area contributed by atoms with E-state index < -0.39 is 16.1 Å². The summed E-state index contributed by atoms with van der Waals surface area (Å²) in [6.07, 6.45) is 4.22. The number of nitrogens with zero attached hydrogens (tertiary/aromatic N) is 3. The zero-order valence-corrected chi connectivity index (χ0v) is 16.9. The fourth-order valence-electron chi connectivity index (χ4n) is 3.70. The highest BCUT2D eigenvalue weighted by atomic mass is 32.2. The summed E-state index contributed by atoms with van der Waals surface area (Å²) in [5.41, 5.74) is 0. The van der Waals surface area contributed by atoms with Crippen molar-refractivity contribution in [3.8, 4) is 0 Å². The minimum absolute atomic E-state index is 0.0166. The van der Waals surface area contributed by atoms with Crippen LogP contribution in [0.25, 0.3) is 0 Å². The van der Waals surface area contributed by atoms with Crippen LogP contribution in [0.4, 0.5) is 0 Å². The molecule has 2 saturated heterocycles. The van der Waals surface area contributed by atoms with Gasteiger partial charge in [0.15, 0.2) is 0 Å². The molecule has 1 unspecified atom stereocenters. The predicted octanol–water partition coefficient (Wildman–Crippen LogP) is 1.77. The molecule has 0 aromatic carbocycles. The first kappa shape index (κ1) is 20.6. The molecule has 0 spiro atoms. The van der Waals surface area contributed by atoms with Crippen LogP contribution >= 0.6 is 0 Å². The Morgan fingerprint density at radius 3 is 2.36 bits per heavy atom. The van der Waals surface area contributed by atoms with Gasteiger partial charge in [0, 0.05) is 32.7 Å². The molecule has 0 radical (unpaired) electrons. The SMILES string of the molecule is CCCS(=O)(=O)N1CCCCC1C(=O)N1CCN(CCC(C)C)CC1. The number of rotatable bonds is 7. The minimum Gasteiger partial charge on any atom is -0.339 e. The molecule has 6 nitrogen and oxygen atoms in total. The third-order valence-corrected chi connectivity index (χ3v) is 7.34. The summed E-state index contributed by atoms with van der Waals surface area (Å²) >= 11 is 0. The Hall–Kier alpha value is -0.660. The van der Waals surface area contributed by atoms with Crippen molar-refractivity contribution in [3.05, 3.63) is 0 Å². The van der Waals surface area contributed by atoms with Gasteiger partial charge in [0.1, 0.15) is 6.04 Å². The van der Waals surface area contributed by atoms with Crippen molar-refractivity contribution in [2.75, 3.05) is 45.0 Å². The molecular formula is C18H35N3O3S. The van der Waals surface area contributed by atoms with Crippen molar-refractivity contribution < 1.29 is 13.2 Å². The van der Waals surface area contributed by atoms with Gasteiger partial charge in [0.25, 0.3) is 0 Å². The summed E-state index contributed by atoms with van der Waals surface area (Å²) < 4.78 is 26.6.